The highest BCUT2D eigenvalue weighted by Crippen LogP contribution is 2.18. The molecule has 0 aromatic carbocycles. The highest BCUT2D eigenvalue weighted by Gasteiger charge is 2.27. The molecule has 1 fully saturated rings. The monoisotopic (exact) mass is 288 g/mol. The number of carbonyl (C=O) groups excluding carboxylic acids is 1. The molecule has 0 heterocycles. The van der Waals surface area contributed by atoms with Crippen LogP contribution in [0.5, 0.6) is 0 Å². The molecule has 0 spiro atoms. The number of carboxylic acid groups (broad SMARTS) is 2. The fourth-order valence-corrected chi connectivity index (χ4v) is 2.23. The van der Waals surface area contributed by atoms with Crippen LogP contribution in [-0.2, 0) is 9.59 Å². The van der Waals surface area contributed by atoms with Crippen LogP contribution >= 0.6 is 0 Å². The Labute approximate surface area is 116 Å². The summed E-state index contributed by atoms with van der Waals surface area (Å²) in [6.07, 6.45) is 3.19. The number of urea groups is 1. The Morgan fingerprint density at radius 1 is 1.00 bits per heavy atom. The minimum absolute atomic E-state index is 0.463. The fraction of sp³-hybridized carbons (Fsp3) is 0.750. The van der Waals surface area contributed by atoms with Crippen molar-refractivity contribution in [1.29, 1.82) is 0 Å². The van der Waals surface area contributed by atoms with Gasteiger partial charge in [0.15, 0.2) is 0 Å². The topological polar surface area (TPSA) is 127 Å². The number of rotatable bonds is 5. The van der Waals surface area contributed by atoms with Gasteiger partial charge in [-0.1, -0.05) is 19.3 Å². The van der Waals surface area contributed by atoms with Gasteiger partial charge in [-0.25, -0.2) is 4.79 Å². The van der Waals surface area contributed by atoms with Crippen molar-refractivity contribution in [3.63, 3.8) is 0 Å². The first-order valence-electron chi connectivity index (χ1n) is 6.57. The summed E-state index contributed by atoms with van der Waals surface area (Å²) in [6.45, 7) is -1.39. The van der Waals surface area contributed by atoms with E-state index in [4.69, 9.17) is 10.2 Å². The Hall–Kier alpha value is -1.83. The van der Waals surface area contributed by atoms with Crippen LogP contribution in [0.4, 0.5) is 4.79 Å². The standard InChI is InChI=1S/C12H20N2O6/c15-9-5-3-1-2-4-8(9)13-12(20)14(6-10(16)17)7-11(18)19/h8-9,15H,1-7H2,(H,13,20)(H,16,17)(H,18,19). The van der Waals surface area contributed by atoms with Crippen LogP contribution in [0.2, 0.25) is 0 Å². The van der Waals surface area contributed by atoms with Gasteiger partial charge >= 0.3 is 18.0 Å². The Bertz CT molecular complexity index is 357. The number of aliphatic hydroxyl groups is 1. The molecule has 8 nitrogen and oxygen atoms in total. The lowest BCUT2D eigenvalue weighted by atomic mass is 10.1. The van der Waals surface area contributed by atoms with E-state index in [1.807, 2.05) is 0 Å². The van der Waals surface area contributed by atoms with Crippen LogP contribution < -0.4 is 5.32 Å². The van der Waals surface area contributed by atoms with Crippen molar-refractivity contribution in [3.8, 4) is 0 Å². The smallest absolute Gasteiger partial charge is 0.323 e. The van der Waals surface area contributed by atoms with Crippen molar-refractivity contribution in [3.05, 3.63) is 0 Å². The van der Waals surface area contributed by atoms with E-state index in [1.54, 1.807) is 0 Å². The molecule has 0 aromatic rings. The molecule has 1 aliphatic rings. The number of carboxylic acids is 2. The Morgan fingerprint density at radius 3 is 2.10 bits per heavy atom. The summed E-state index contributed by atoms with van der Waals surface area (Å²) in [5, 5.41) is 29.8. The summed E-state index contributed by atoms with van der Waals surface area (Å²) in [5.74, 6) is -2.58. The van der Waals surface area contributed by atoms with E-state index in [2.05, 4.69) is 5.32 Å². The number of aliphatic carboxylic acids is 2. The molecule has 1 rings (SSSR count). The van der Waals surface area contributed by atoms with Gasteiger partial charge in [-0.2, -0.15) is 0 Å². The van der Waals surface area contributed by atoms with Crippen molar-refractivity contribution >= 4 is 18.0 Å². The third-order valence-electron chi connectivity index (χ3n) is 3.23. The summed E-state index contributed by atoms with van der Waals surface area (Å²) < 4.78 is 0. The van der Waals surface area contributed by atoms with Crippen LogP contribution in [0.1, 0.15) is 32.1 Å². The van der Waals surface area contributed by atoms with Gasteiger partial charge in [-0.3, -0.25) is 9.59 Å². The van der Waals surface area contributed by atoms with Gasteiger partial charge in [0.05, 0.1) is 12.1 Å². The number of nitrogens with one attached hydrogen (secondary N) is 1. The lowest BCUT2D eigenvalue weighted by Crippen LogP contribution is -2.51. The van der Waals surface area contributed by atoms with Crippen molar-refractivity contribution in [2.24, 2.45) is 0 Å². The third kappa shape index (κ3) is 5.43. The molecular weight excluding hydrogens is 268 g/mol. The molecule has 0 bridgehead atoms. The zero-order chi connectivity index (χ0) is 15.1. The molecule has 0 radical (unpaired) electrons. The van der Waals surface area contributed by atoms with Crippen LogP contribution in [-0.4, -0.2) is 63.4 Å². The lowest BCUT2D eigenvalue weighted by molar-refractivity contribution is -0.140. The van der Waals surface area contributed by atoms with E-state index in [9.17, 15) is 19.5 Å². The third-order valence-corrected chi connectivity index (χ3v) is 3.23. The van der Waals surface area contributed by atoms with Crippen molar-refractivity contribution in [2.45, 2.75) is 44.2 Å². The lowest BCUT2D eigenvalue weighted by Gasteiger charge is -2.26. The van der Waals surface area contributed by atoms with Gasteiger partial charge in [-0.15, -0.1) is 0 Å². The minimum Gasteiger partial charge on any atom is -0.480 e. The fourth-order valence-electron chi connectivity index (χ4n) is 2.23. The normalized spacial score (nSPS) is 22.6. The summed E-state index contributed by atoms with van der Waals surface area (Å²) >= 11 is 0. The van der Waals surface area contributed by atoms with Gasteiger partial charge in [0.1, 0.15) is 13.1 Å². The average molecular weight is 288 g/mol. The average Bonchev–Trinajstić information content (AvgIpc) is 2.53. The highest BCUT2D eigenvalue weighted by molar-refractivity contribution is 5.84. The van der Waals surface area contributed by atoms with E-state index in [0.717, 1.165) is 19.3 Å². The molecule has 4 N–H and O–H groups in total. The molecule has 20 heavy (non-hydrogen) atoms. The highest BCUT2D eigenvalue weighted by atomic mass is 16.4. The number of carbonyl (C=O) groups is 3. The maximum Gasteiger partial charge on any atom is 0.323 e. The predicted molar refractivity (Wildman–Crippen MR) is 68.3 cm³/mol. The van der Waals surface area contributed by atoms with Crippen LogP contribution in [0.3, 0.4) is 0 Å². The first-order valence-corrected chi connectivity index (χ1v) is 6.57. The predicted octanol–water partition coefficient (Wildman–Crippen LogP) is -0.139. The van der Waals surface area contributed by atoms with Crippen molar-refractivity contribution in [1.82, 2.24) is 10.2 Å². The molecule has 1 aliphatic carbocycles. The Morgan fingerprint density at radius 2 is 1.55 bits per heavy atom. The molecule has 2 unspecified atom stereocenters. The Balaban J connectivity index is 2.63. The summed E-state index contributed by atoms with van der Waals surface area (Å²) in [5.41, 5.74) is 0. The van der Waals surface area contributed by atoms with Crippen molar-refractivity contribution in [2.75, 3.05) is 13.1 Å². The molecule has 2 atom stereocenters. The van der Waals surface area contributed by atoms with Crippen LogP contribution in [0, 0.1) is 0 Å². The van der Waals surface area contributed by atoms with Gasteiger partial charge in [-0.05, 0) is 12.8 Å². The van der Waals surface area contributed by atoms with E-state index >= 15 is 0 Å². The zero-order valence-electron chi connectivity index (χ0n) is 11.1. The van der Waals surface area contributed by atoms with Crippen LogP contribution in [0.15, 0.2) is 0 Å². The maximum atomic E-state index is 11.9. The largest absolute Gasteiger partial charge is 0.480 e. The van der Waals surface area contributed by atoms with Gasteiger partial charge < -0.3 is 25.5 Å². The zero-order valence-corrected chi connectivity index (χ0v) is 11.1. The number of hydrogen-bond donors (Lipinski definition) is 4. The number of hydrogen-bond acceptors (Lipinski definition) is 4. The second-order valence-corrected chi connectivity index (χ2v) is 4.90. The number of aliphatic hydroxyl groups excluding tert-OH is 1. The molecule has 8 heteroatoms. The molecule has 0 aromatic heterocycles. The van der Waals surface area contributed by atoms with Gasteiger partial charge in [0.25, 0.3) is 0 Å². The summed E-state index contributed by atoms with van der Waals surface area (Å²) in [4.78, 5) is 33.9. The molecule has 0 aliphatic heterocycles. The van der Waals surface area contributed by atoms with Crippen LogP contribution in [0.25, 0.3) is 0 Å². The summed E-state index contributed by atoms with van der Waals surface area (Å²) in [7, 11) is 0. The van der Waals surface area contributed by atoms with E-state index in [1.165, 1.54) is 0 Å². The maximum absolute atomic E-state index is 11.9. The first-order chi connectivity index (χ1) is 9.40. The molecular formula is C12H20N2O6. The van der Waals surface area contributed by atoms with E-state index in [0.29, 0.717) is 17.7 Å². The van der Waals surface area contributed by atoms with Gasteiger partial charge in [0.2, 0.25) is 0 Å². The van der Waals surface area contributed by atoms with E-state index < -0.39 is 43.2 Å². The SMILES string of the molecule is O=C(O)CN(CC(=O)O)C(=O)NC1CCCCCC1O. The van der Waals surface area contributed by atoms with Gasteiger partial charge in [0, 0.05) is 0 Å². The number of amides is 2. The molecule has 1 saturated carbocycles. The summed E-state index contributed by atoms with van der Waals surface area (Å²) in [6, 6.07) is -1.24. The minimum atomic E-state index is -1.29. The second-order valence-electron chi connectivity index (χ2n) is 4.90. The second kappa shape index (κ2) is 7.68. The Kier molecular flexibility index (Phi) is 6.23. The molecule has 0 saturated heterocycles. The molecule has 114 valence electrons. The molecule has 2 amide bonds. The quantitative estimate of drug-likeness (QED) is 0.521. The van der Waals surface area contributed by atoms with E-state index in [-0.39, 0.29) is 0 Å². The van der Waals surface area contributed by atoms with Crippen molar-refractivity contribution < 1.29 is 29.7 Å². The first kappa shape index (κ1) is 16.2. The number of nitrogens with zero attached hydrogens (tertiary/aromatic N) is 1.